The minimum Gasteiger partial charge on any atom is -0.326 e. The van der Waals surface area contributed by atoms with E-state index in [1.54, 1.807) is 42.5 Å². The second kappa shape index (κ2) is 9.77. The van der Waals surface area contributed by atoms with E-state index >= 15 is 0 Å². The molecule has 0 unspecified atom stereocenters. The summed E-state index contributed by atoms with van der Waals surface area (Å²) in [5.41, 5.74) is 2.60. The van der Waals surface area contributed by atoms with Crippen molar-refractivity contribution in [3.8, 4) is 0 Å². The van der Waals surface area contributed by atoms with E-state index in [0.717, 1.165) is 5.56 Å². The Bertz CT molecular complexity index is 1290. The normalized spacial score (nSPS) is 18.3. The van der Waals surface area contributed by atoms with E-state index < -0.39 is 28.0 Å². The number of rotatable bonds is 5. The van der Waals surface area contributed by atoms with Crippen LogP contribution in [0.3, 0.4) is 0 Å². The van der Waals surface area contributed by atoms with Crippen molar-refractivity contribution in [2.45, 2.75) is 17.2 Å². The minimum atomic E-state index is -1.32. The highest BCUT2D eigenvalue weighted by molar-refractivity contribution is 6.53. The summed E-state index contributed by atoms with van der Waals surface area (Å²) in [4.78, 5) is 25.8. The number of benzene rings is 3. The zero-order valence-corrected chi connectivity index (χ0v) is 22.0. The van der Waals surface area contributed by atoms with E-state index in [1.807, 2.05) is 6.92 Å². The molecule has 0 radical (unpaired) electrons. The summed E-state index contributed by atoms with van der Waals surface area (Å²) < 4.78 is -1.32. The third-order valence-electron chi connectivity index (χ3n) is 5.49. The van der Waals surface area contributed by atoms with Crippen LogP contribution in [-0.2, 0) is 4.79 Å². The highest BCUT2D eigenvalue weighted by atomic mass is 35.5. The highest BCUT2D eigenvalue weighted by Gasteiger charge is 2.67. The van der Waals surface area contributed by atoms with Gasteiger partial charge in [0.1, 0.15) is 4.33 Å². The molecule has 2 N–H and O–H groups in total. The molecule has 0 saturated heterocycles. The fraction of sp³-hybridized carbons (Fsp3) is 0.167. The third-order valence-corrected chi connectivity index (χ3v) is 7.60. The lowest BCUT2D eigenvalue weighted by Gasteiger charge is -2.11. The van der Waals surface area contributed by atoms with Crippen molar-refractivity contribution < 1.29 is 9.59 Å². The molecule has 1 fully saturated rings. The standard InChI is InChI=1S/C24H16Cl6N2O2/c1-11-2-3-16(10-19(11)28)31-22(33)17-9-15(4-5-18(17)27)32-23(34)21-20(24(21,29)30)12-6-13(25)8-14(26)7-12/h2-10,20-21H,1H3,(H,31,33)(H,32,34)/t20-,21+/m1/s1. The average Bonchev–Trinajstić information content (AvgIpc) is 3.33. The van der Waals surface area contributed by atoms with Gasteiger partial charge in [-0.05, 0) is 66.6 Å². The highest BCUT2D eigenvalue weighted by Crippen LogP contribution is 2.65. The van der Waals surface area contributed by atoms with Crippen molar-refractivity contribution in [2.75, 3.05) is 10.6 Å². The summed E-state index contributed by atoms with van der Waals surface area (Å²) in [5, 5.41) is 7.08. The summed E-state index contributed by atoms with van der Waals surface area (Å²) in [6, 6.07) is 14.7. The smallest absolute Gasteiger partial charge is 0.257 e. The van der Waals surface area contributed by atoms with Crippen molar-refractivity contribution in [2.24, 2.45) is 5.92 Å². The molecule has 1 aliphatic carbocycles. The van der Waals surface area contributed by atoms with Crippen LogP contribution in [0.25, 0.3) is 0 Å². The zero-order valence-electron chi connectivity index (χ0n) is 17.4. The number of carbonyl (C=O) groups excluding carboxylic acids is 2. The van der Waals surface area contributed by atoms with Gasteiger partial charge in [0.05, 0.1) is 16.5 Å². The van der Waals surface area contributed by atoms with Gasteiger partial charge < -0.3 is 10.6 Å². The van der Waals surface area contributed by atoms with Gasteiger partial charge in [-0.3, -0.25) is 9.59 Å². The van der Waals surface area contributed by atoms with Crippen LogP contribution in [0, 0.1) is 12.8 Å². The van der Waals surface area contributed by atoms with Crippen LogP contribution in [0.5, 0.6) is 0 Å². The molecule has 2 amide bonds. The molecule has 0 aliphatic heterocycles. The summed E-state index contributed by atoms with van der Waals surface area (Å²) in [7, 11) is 0. The molecule has 2 atom stereocenters. The Hall–Kier alpha value is -1.66. The molecule has 0 heterocycles. The summed E-state index contributed by atoms with van der Waals surface area (Å²) in [5.74, 6) is -2.10. The van der Waals surface area contributed by atoms with Crippen LogP contribution < -0.4 is 10.6 Å². The summed E-state index contributed by atoms with van der Waals surface area (Å²) >= 11 is 37.4. The topological polar surface area (TPSA) is 58.2 Å². The molecule has 0 bridgehead atoms. The fourth-order valence-corrected chi connectivity index (χ4v) is 5.44. The van der Waals surface area contributed by atoms with Crippen LogP contribution in [-0.4, -0.2) is 16.1 Å². The number of nitrogens with one attached hydrogen (secondary N) is 2. The van der Waals surface area contributed by atoms with Crippen LogP contribution >= 0.6 is 69.6 Å². The first-order valence-corrected chi connectivity index (χ1v) is 12.3. The quantitative estimate of drug-likeness (QED) is 0.300. The van der Waals surface area contributed by atoms with E-state index in [-0.39, 0.29) is 10.6 Å². The van der Waals surface area contributed by atoms with Gasteiger partial charge in [0.25, 0.3) is 5.91 Å². The molecule has 3 aromatic rings. The first kappa shape index (κ1) is 25.4. The SMILES string of the molecule is Cc1ccc(NC(=O)c2cc(NC(=O)[C@@H]3[C@@H](c4cc(Cl)cc(Cl)c4)C3(Cl)Cl)ccc2Cl)cc1Cl. The second-order valence-electron chi connectivity index (χ2n) is 7.93. The van der Waals surface area contributed by atoms with E-state index in [0.29, 0.717) is 32.0 Å². The van der Waals surface area contributed by atoms with Gasteiger partial charge in [-0.2, -0.15) is 0 Å². The lowest BCUT2D eigenvalue weighted by atomic mass is 10.1. The predicted octanol–water partition coefficient (Wildman–Crippen LogP) is 8.39. The Morgan fingerprint density at radius 3 is 2.06 bits per heavy atom. The molecule has 0 aromatic heterocycles. The Morgan fingerprint density at radius 2 is 1.41 bits per heavy atom. The van der Waals surface area contributed by atoms with Gasteiger partial charge >= 0.3 is 0 Å². The number of aryl methyl sites for hydroxylation is 1. The van der Waals surface area contributed by atoms with Crippen molar-refractivity contribution in [1.29, 1.82) is 0 Å². The third kappa shape index (κ3) is 5.28. The summed E-state index contributed by atoms with van der Waals surface area (Å²) in [6.07, 6.45) is 0. The van der Waals surface area contributed by atoms with Crippen molar-refractivity contribution in [1.82, 2.24) is 0 Å². The van der Waals surface area contributed by atoms with Gasteiger partial charge in [-0.15, -0.1) is 23.2 Å². The van der Waals surface area contributed by atoms with Gasteiger partial charge in [0.2, 0.25) is 5.91 Å². The largest absolute Gasteiger partial charge is 0.326 e. The maximum Gasteiger partial charge on any atom is 0.257 e. The van der Waals surface area contributed by atoms with E-state index in [4.69, 9.17) is 69.6 Å². The monoisotopic (exact) mass is 574 g/mol. The fourth-order valence-electron chi connectivity index (χ4n) is 3.69. The molecule has 10 heteroatoms. The number of hydrogen-bond donors (Lipinski definition) is 2. The molecule has 1 saturated carbocycles. The maximum absolute atomic E-state index is 13.0. The van der Waals surface area contributed by atoms with Gasteiger partial charge in [0, 0.05) is 32.4 Å². The van der Waals surface area contributed by atoms with Gasteiger partial charge in [0.15, 0.2) is 0 Å². The van der Waals surface area contributed by atoms with Crippen molar-refractivity contribution in [3.05, 3.63) is 91.4 Å². The Labute approximate surface area is 226 Å². The number of anilines is 2. The van der Waals surface area contributed by atoms with Crippen LogP contribution in [0.1, 0.15) is 27.4 Å². The predicted molar refractivity (Wildman–Crippen MR) is 141 cm³/mol. The first-order valence-electron chi connectivity index (χ1n) is 9.99. The first-order chi connectivity index (χ1) is 16.0. The second-order valence-corrected chi connectivity index (χ2v) is 11.1. The molecule has 0 spiro atoms. The van der Waals surface area contributed by atoms with Crippen LogP contribution in [0.2, 0.25) is 20.1 Å². The molecule has 1 aliphatic rings. The molecule has 4 rings (SSSR count). The summed E-state index contributed by atoms with van der Waals surface area (Å²) in [6.45, 7) is 1.86. The number of carbonyl (C=O) groups is 2. The Kier molecular flexibility index (Phi) is 7.31. The van der Waals surface area contributed by atoms with Crippen molar-refractivity contribution in [3.63, 3.8) is 0 Å². The molecule has 3 aromatic carbocycles. The Morgan fingerprint density at radius 1 is 0.794 bits per heavy atom. The molecular formula is C24H16Cl6N2O2. The zero-order chi connectivity index (χ0) is 24.8. The number of amides is 2. The van der Waals surface area contributed by atoms with E-state index in [1.165, 1.54) is 12.1 Å². The average molecular weight is 577 g/mol. The van der Waals surface area contributed by atoms with Crippen LogP contribution in [0.15, 0.2) is 54.6 Å². The Balaban J connectivity index is 1.51. The van der Waals surface area contributed by atoms with Crippen LogP contribution in [0.4, 0.5) is 11.4 Å². The number of hydrogen-bond acceptors (Lipinski definition) is 2. The lowest BCUT2D eigenvalue weighted by molar-refractivity contribution is -0.117. The molecule has 34 heavy (non-hydrogen) atoms. The van der Waals surface area contributed by atoms with E-state index in [2.05, 4.69) is 10.6 Å². The number of halogens is 6. The van der Waals surface area contributed by atoms with Crippen molar-refractivity contribution >= 4 is 92.8 Å². The number of alkyl halides is 2. The van der Waals surface area contributed by atoms with Gasteiger partial charge in [-0.25, -0.2) is 0 Å². The molecule has 4 nitrogen and oxygen atoms in total. The van der Waals surface area contributed by atoms with E-state index in [9.17, 15) is 9.59 Å². The van der Waals surface area contributed by atoms with Gasteiger partial charge in [-0.1, -0.05) is 52.5 Å². The molecule has 176 valence electrons. The lowest BCUT2D eigenvalue weighted by Crippen LogP contribution is -2.18. The minimum absolute atomic E-state index is 0.174. The molecular weight excluding hydrogens is 561 g/mol. The maximum atomic E-state index is 13.0.